The Labute approximate surface area is 132 Å². The highest BCUT2D eigenvalue weighted by Gasteiger charge is 2.11. The Balaban J connectivity index is 2.12. The smallest absolute Gasteiger partial charge is 0.411 e. The Morgan fingerprint density at radius 1 is 1.26 bits per heavy atom. The molecule has 23 heavy (non-hydrogen) atoms. The number of para-hydroxylation sites is 1. The highest BCUT2D eigenvalue weighted by atomic mass is 16.5. The molecule has 0 unspecified atom stereocenters. The number of rotatable bonds is 5. The highest BCUT2D eigenvalue weighted by molar-refractivity contribution is 6.05. The van der Waals surface area contributed by atoms with E-state index in [0.717, 1.165) is 0 Å². The van der Waals surface area contributed by atoms with E-state index in [9.17, 15) is 9.59 Å². The molecular formula is C15H16N4O4. The van der Waals surface area contributed by atoms with E-state index >= 15 is 0 Å². The van der Waals surface area contributed by atoms with Crippen LogP contribution >= 0.6 is 0 Å². The van der Waals surface area contributed by atoms with Gasteiger partial charge in [-0.15, -0.1) is 0 Å². The van der Waals surface area contributed by atoms with Crippen LogP contribution in [0.4, 0.5) is 10.5 Å². The summed E-state index contributed by atoms with van der Waals surface area (Å²) >= 11 is 0. The zero-order chi connectivity index (χ0) is 16.7. The number of hydrazone groups is 1. The van der Waals surface area contributed by atoms with Crippen molar-refractivity contribution in [2.75, 3.05) is 11.9 Å². The van der Waals surface area contributed by atoms with Gasteiger partial charge < -0.3 is 14.9 Å². The summed E-state index contributed by atoms with van der Waals surface area (Å²) in [5, 5.41) is 6.36. The molecule has 120 valence electrons. The number of anilines is 1. The summed E-state index contributed by atoms with van der Waals surface area (Å²) in [5.74, 6) is -0.398. The number of furan rings is 1. The summed E-state index contributed by atoms with van der Waals surface area (Å²) < 4.78 is 9.76. The zero-order valence-corrected chi connectivity index (χ0v) is 12.4. The van der Waals surface area contributed by atoms with E-state index in [1.54, 1.807) is 37.3 Å². The Hall–Kier alpha value is -3.29. The highest BCUT2D eigenvalue weighted by Crippen LogP contribution is 2.15. The van der Waals surface area contributed by atoms with Crippen molar-refractivity contribution in [1.82, 2.24) is 5.43 Å². The van der Waals surface area contributed by atoms with Crippen molar-refractivity contribution >= 4 is 23.5 Å². The van der Waals surface area contributed by atoms with E-state index < -0.39 is 12.0 Å². The molecule has 8 nitrogen and oxygen atoms in total. The first-order valence-electron chi connectivity index (χ1n) is 6.82. The van der Waals surface area contributed by atoms with Crippen LogP contribution in [0.3, 0.4) is 0 Å². The molecule has 0 saturated carbocycles. The van der Waals surface area contributed by atoms with E-state index in [0.29, 0.717) is 11.3 Å². The van der Waals surface area contributed by atoms with Crippen molar-refractivity contribution in [3.05, 3.63) is 54.0 Å². The molecule has 0 aliphatic rings. The number of carbonyl (C=O) groups is 2. The monoisotopic (exact) mass is 316 g/mol. The number of amidine groups is 1. The van der Waals surface area contributed by atoms with Crippen molar-refractivity contribution < 1.29 is 18.7 Å². The fourth-order valence-corrected chi connectivity index (χ4v) is 1.73. The van der Waals surface area contributed by atoms with Gasteiger partial charge in [0.05, 0.1) is 18.6 Å². The molecule has 0 aliphatic carbocycles. The van der Waals surface area contributed by atoms with Gasteiger partial charge in [-0.2, -0.15) is 5.10 Å². The fourth-order valence-electron chi connectivity index (χ4n) is 1.73. The first-order valence-corrected chi connectivity index (χ1v) is 6.82. The van der Waals surface area contributed by atoms with Gasteiger partial charge in [-0.25, -0.2) is 10.2 Å². The van der Waals surface area contributed by atoms with Gasteiger partial charge in [0.2, 0.25) is 0 Å². The molecule has 2 aromatic rings. The summed E-state index contributed by atoms with van der Waals surface area (Å²) in [6.45, 7) is 1.95. The summed E-state index contributed by atoms with van der Waals surface area (Å²) in [5.41, 5.74) is 9.00. The Morgan fingerprint density at radius 3 is 2.74 bits per heavy atom. The molecule has 1 heterocycles. The van der Waals surface area contributed by atoms with Crippen molar-refractivity contribution in [2.45, 2.75) is 6.92 Å². The number of hydrogen-bond donors (Lipinski definition) is 3. The minimum absolute atomic E-state index is 0.0253. The zero-order valence-electron chi connectivity index (χ0n) is 12.4. The van der Waals surface area contributed by atoms with Gasteiger partial charge in [0, 0.05) is 5.56 Å². The number of carbonyl (C=O) groups excluding carboxylic acids is 2. The topological polar surface area (TPSA) is 119 Å². The van der Waals surface area contributed by atoms with Crippen LogP contribution < -0.4 is 16.5 Å². The van der Waals surface area contributed by atoms with Gasteiger partial charge in [0.25, 0.3) is 0 Å². The molecule has 0 radical (unpaired) electrons. The normalized spacial score (nSPS) is 10.9. The van der Waals surface area contributed by atoms with Crippen molar-refractivity contribution in [1.29, 1.82) is 0 Å². The molecule has 1 aromatic heterocycles. The number of hydrogen-bond acceptors (Lipinski definition) is 5. The van der Waals surface area contributed by atoms with Crippen LogP contribution in [-0.4, -0.2) is 24.4 Å². The maximum absolute atomic E-state index is 11.7. The van der Waals surface area contributed by atoms with Crippen LogP contribution in [0.25, 0.3) is 0 Å². The first kappa shape index (κ1) is 16.1. The number of ether oxygens (including phenoxy) is 1. The average molecular weight is 316 g/mol. The molecule has 8 heteroatoms. The minimum atomic E-state index is -0.604. The molecule has 2 rings (SSSR count). The quantitative estimate of drug-likeness (QED) is 0.442. The molecule has 0 bridgehead atoms. The molecule has 1 aromatic carbocycles. The lowest BCUT2D eigenvalue weighted by Crippen LogP contribution is -2.25. The van der Waals surface area contributed by atoms with Gasteiger partial charge in [0.15, 0.2) is 11.6 Å². The van der Waals surface area contributed by atoms with E-state index in [2.05, 4.69) is 15.8 Å². The maximum Gasteiger partial charge on any atom is 0.411 e. The lowest BCUT2D eigenvalue weighted by molar-refractivity contribution is 0.0927. The number of nitrogens with zero attached hydrogens (tertiary/aromatic N) is 1. The van der Waals surface area contributed by atoms with E-state index in [1.165, 1.54) is 12.3 Å². The molecule has 0 aliphatic heterocycles. The largest absolute Gasteiger partial charge is 0.459 e. The Morgan fingerprint density at radius 2 is 2.04 bits per heavy atom. The number of nitrogens with two attached hydrogens (primary N) is 1. The van der Waals surface area contributed by atoms with Gasteiger partial charge in [0.1, 0.15) is 0 Å². The third-order valence-corrected chi connectivity index (χ3v) is 2.74. The second kappa shape index (κ2) is 7.64. The average Bonchev–Trinajstić information content (AvgIpc) is 3.07. The second-order valence-corrected chi connectivity index (χ2v) is 4.31. The summed E-state index contributed by atoms with van der Waals surface area (Å²) in [4.78, 5) is 23.2. The number of benzene rings is 1. The number of nitrogens with one attached hydrogen (secondary N) is 2. The van der Waals surface area contributed by atoms with Crippen LogP contribution in [0.2, 0.25) is 0 Å². The van der Waals surface area contributed by atoms with Crippen LogP contribution in [0, 0.1) is 0 Å². The Kier molecular flexibility index (Phi) is 5.35. The maximum atomic E-state index is 11.7. The lowest BCUT2D eigenvalue weighted by Gasteiger charge is -2.10. The van der Waals surface area contributed by atoms with Crippen LogP contribution in [-0.2, 0) is 4.74 Å². The summed E-state index contributed by atoms with van der Waals surface area (Å²) in [6.07, 6.45) is 0.771. The predicted octanol–water partition coefficient (Wildman–Crippen LogP) is 1.90. The molecule has 2 amide bonds. The SMILES string of the molecule is CCOC(=O)Nc1ccccc1/C(N)=N/NC(=O)c1ccco1. The molecule has 0 atom stereocenters. The standard InChI is InChI=1S/C15H16N4O4/c1-2-22-15(21)17-11-7-4-3-6-10(11)13(16)18-19-14(20)12-8-5-9-23-12/h3-9H,2H2,1H3,(H2,16,18)(H,17,21)(H,19,20). The molecule has 0 saturated heterocycles. The molecule has 0 spiro atoms. The van der Waals surface area contributed by atoms with Gasteiger partial charge >= 0.3 is 12.0 Å². The van der Waals surface area contributed by atoms with Gasteiger partial charge in [-0.1, -0.05) is 12.1 Å². The molecular weight excluding hydrogens is 300 g/mol. The van der Waals surface area contributed by atoms with Crippen molar-refractivity contribution in [3.8, 4) is 0 Å². The van der Waals surface area contributed by atoms with Gasteiger partial charge in [-0.05, 0) is 31.2 Å². The minimum Gasteiger partial charge on any atom is -0.459 e. The lowest BCUT2D eigenvalue weighted by atomic mass is 10.1. The molecule has 4 N–H and O–H groups in total. The summed E-state index contributed by atoms with van der Waals surface area (Å²) in [6, 6.07) is 9.82. The first-order chi connectivity index (χ1) is 11.1. The van der Waals surface area contributed by atoms with E-state index in [-0.39, 0.29) is 18.2 Å². The Bertz CT molecular complexity index is 710. The third kappa shape index (κ3) is 4.34. The molecule has 0 fully saturated rings. The predicted molar refractivity (Wildman–Crippen MR) is 84.0 cm³/mol. The van der Waals surface area contributed by atoms with E-state index in [4.69, 9.17) is 14.9 Å². The van der Waals surface area contributed by atoms with Crippen LogP contribution in [0.15, 0.2) is 52.2 Å². The van der Waals surface area contributed by atoms with Crippen LogP contribution in [0.1, 0.15) is 23.0 Å². The van der Waals surface area contributed by atoms with Crippen LogP contribution in [0.5, 0.6) is 0 Å². The number of amides is 2. The van der Waals surface area contributed by atoms with E-state index in [1.807, 2.05) is 0 Å². The van der Waals surface area contributed by atoms with Crippen molar-refractivity contribution in [3.63, 3.8) is 0 Å². The van der Waals surface area contributed by atoms with Gasteiger partial charge in [-0.3, -0.25) is 10.1 Å². The second-order valence-electron chi connectivity index (χ2n) is 4.31. The third-order valence-electron chi connectivity index (χ3n) is 2.74. The summed E-state index contributed by atoms with van der Waals surface area (Å²) in [7, 11) is 0. The van der Waals surface area contributed by atoms with Crippen molar-refractivity contribution in [2.24, 2.45) is 10.8 Å². The fraction of sp³-hybridized carbons (Fsp3) is 0.133.